The van der Waals surface area contributed by atoms with Crippen molar-refractivity contribution in [2.45, 2.75) is 19.8 Å². The van der Waals surface area contributed by atoms with Gasteiger partial charge in [-0.3, -0.25) is 4.98 Å². The van der Waals surface area contributed by atoms with Crippen molar-refractivity contribution in [3.8, 4) is 28.2 Å². The summed E-state index contributed by atoms with van der Waals surface area (Å²) in [6.45, 7) is 4.43. The zero-order chi connectivity index (χ0) is 17.9. The topological polar surface area (TPSA) is 30.7 Å². The van der Waals surface area contributed by atoms with E-state index >= 15 is 0 Å². The van der Waals surface area contributed by atoms with Gasteiger partial charge in [0.05, 0.1) is 17.7 Å². The van der Waals surface area contributed by atoms with Gasteiger partial charge >= 0.3 is 0 Å². The first-order chi connectivity index (χ1) is 12.7. The van der Waals surface area contributed by atoms with Gasteiger partial charge in [0.1, 0.15) is 0 Å². The van der Waals surface area contributed by atoms with Crippen molar-refractivity contribution in [1.29, 1.82) is 0 Å². The van der Waals surface area contributed by atoms with Crippen LogP contribution in [0, 0.1) is 0 Å². The molecule has 0 aliphatic heterocycles. The predicted molar refractivity (Wildman–Crippen MR) is 106 cm³/mol. The zero-order valence-corrected chi connectivity index (χ0v) is 15.0. The Labute approximate surface area is 154 Å². The van der Waals surface area contributed by atoms with Gasteiger partial charge in [-0.05, 0) is 41.8 Å². The molecule has 2 aromatic carbocycles. The van der Waals surface area contributed by atoms with Crippen LogP contribution in [0.15, 0.2) is 85.5 Å². The molecule has 0 radical (unpaired) electrons. The molecule has 128 valence electrons. The second kappa shape index (κ2) is 6.96. The first-order valence-corrected chi connectivity index (χ1v) is 8.87. The second-order valence-electron chi connectivity index (χ2n) is 6.67. The molecular formula is C23H21N3. The largest absolute Gasteiger partial charge is 0.306 e. The molecule has 0 aliphatic rings. The Morgan fingerprint density at radius 1 is 0.808 bits per heavy atom. The van der Waals surface area contributed by atoms with Gasteiger partial charge in [-0.25, -0.2) is 4.98 Å². The van der Waals surface area contributed by atoms with Crippen molar-refractivity contribution >= 4 is 0 Å². The molecule has 0 saturated heterocycles. The normalized spacial score (nSPS) is 11.0. The van der Waals surface area contributed by atoms with Gasteiger partial charge in [-0.2, -0.15) is 0 Å². The van der Waals surface area contributed by atoms with E-state index in [0.29, 0.717) is 5.92 Å². The van der Waals surface area contributed by atoms with E-state index in [1.54, 1.807) is 0 Å². The van der Waals surface area contributed by atoms with Crippen LogP contribution in [0.1, 0.15) is 25.3 Å². The molecule has 0 unspecified atom stereocenters. The highest BCUT2D eigenvalue weighted by molar-refractivity contribution is 5.72. The highest BCUT2D eigenvalue weighted by atomic mass is 15.0. The fourth-order valence-corrected chi connectivity index (χ4v) is 3.18. The summed E-state index contributed by atoms with van der Waals surface area (Å²) in [6.07, 6.45) is 5.80. The van der Waals surface area contributed by atoms with E-state index in [-0.39, 0.29) is 0 Å². The molecule has 0 spiro atoms. The van der Waals surface area contributed by atoms with Crippen LogP contribution in [-0.2, 0) is 0 Å². The number of imidazole rings is 1. The summed E-state index contributed by atoms with van der Waals surface area (Å²) in [5, 5.41) is 0. The van der Waals surface area contributed by atoms with E-state index in [9.17, 15) is 0 Å². The van der Waals surface area contributed by atoms with Gasteiger partial charge in [0.2, 0.25) is 0 Å². The number of hydrogen-bond acceptors (Lipinski definition) is 2. The average molecular weight is 339 g/mol. The maximum absolute atomic E-state index is 4.68. The smallest absolute Gasteiger partial charge is 0.0999 e. The van der Waals surface area contributed by atoms with E-state index in [0.717, 1.165) is 28.2 Å². The summed E-state index contributed by atoms with van der Waals surface area (Å²) in [5.74, 6) is 0.421. The van der Waals surface area contributed by atoms with Crippen molar-refractivity contribution in [1.82, 2.24) is 14.5 Å². The molecule has 4 rings (SSSR count). The molecule has 2 aromatic heterocycles. The van der Waals surface area contributed by atoms with Gasteiger partial charge in [-0.15, -0.1) is 0 Å². The lowest BCUT2D eigenvalue weighted by atomic mass is 9.93. The molecular weight excluding hydrogens is 318 g/mol. The highest BCUT2D eigenvalue weighted by Gasteiger charge is 2.13. The summed E-state index contributed by atoms with van der Waals surface area (Å²) in [6, 6.07) is 22.8. The maximum Gasteiger partial charge on any atom is 0.0999 e. The van der Waals surface area contributed by atoms with Crippen LogP contribution in [0.3, 0.4) is 0 Å². The first kappa shape index (κ1) is 16.3. The standard InChI is InChI=1S/C23H21N3/c1-17(2)20-12-11-18(22-10-6-7-13-24-22)14-21(20)23-15-26(16-25-23)19-8-4-3-5-9-19/h3-17H,1-2H3. The third kappa shape index (κ3) is 3.16. The van der Waals surface area contributed by atoms with Crippen LogP contribution in [0.25, 0.3) is 28.2 Å². The van der Waals surface area contributed by atoms with Crippen LogP contribution in [-0.4, -0.2) is 14.5 Å². The number of hydrogen-bond donors (Lipinski definition) is 0. The molecule has 0 N–H and O–H groups in total. The SMILES string of the molecule is CC(C)c1ccc(-c2ccccn2)cc1-c1cn(-c2ccccc2)cn1. The third-order valence-electron chi connectivity index (χ3n) is 4.55. The zero-order valence-electron chi connectivity index (χ0n) is 15.0. The molecule has 0 aliphatic carbocycles. The lowest BCUT2D eigenvalue weighted by Gasteiger charge is -2.13. The summed E-state index contributed by atoms with van der Waals surface area (Å²) in [4.78, 5) is 9.17. The summed E-state index contributed by atoms with van der Waals surface area (Å²) < 4.78 is 2.06. The number of para-hydroxylation sites is 1. The van der Waals surface area contributed by atoms with E-state index in [1.807, 2.05) is 48.9 Å². The minimum absolute atomic E-state index is 0.421. The molecule has 0 atom stereocenters. The number of benzene rings is 2. The molecule has 0 fully saturated rings. The summed E-state index contributed by atoms with van der Waals surface area (Å²) >= 11 is 0. The van der Waals surface area contributed by atoms with Crippen molar-refractivity contribution in [3.05, 3.63) is 91.0 Å². The van der Waals surface area contributed by atoms with Crippen molar-refractivity contribution < 1.29 is 0 Å². The molecule has 0 bridgehead atoms. The molecule has 3 heteroatoms. The first-order valence-electron chi connectivity index (χ1n) is 8.87. The second-order valence-corrected chi connectivity index (χ2v) is 6.67. The van der Waals surface area contributed by atoms with Gasteiger partial charge in [0, 0.05) is 29.2 Å². The van der Waals surface area contributed by atoms with Crippen LogP contribution < -0.4 is 0 Å². The van der Waals surface area contributed by atoms with Gasteiger partial charge in [-0.1, -0.05) is 50.2 Å². The molecule has 0 saturated carbocycles. The monoisotopic (exact) mass is 339 g/mol. The van der Waals surface area contributed by atoms with Crippen LogP contribution in [0.4, 0.5) is 0 Å². The van der Waals surface area contributed by atoms with Crippen molar-refractivity contribution in [2.24, 2.45) is 0 Å². The number of rotatable bonds is 4. The molecule has 2 heterocycles. The Hall–Kier alpha value is -3.20. The van der Waals surface area contributed by atoms with Gasteiger partial charge in [0.15, 0.2) is 0 Å². The Morgan fingerprint density at radius 2 is 1.62 bits per heavy atom. The summed E-state index contributed by atoms with van der Waals surface area (Å²) in [7, 11) is 0. The Balaban J connectivity index is 1.81. The van der Waals surface area contributed by atoms with Crippen LogP contribution in [0.5, 0.6) is 0 Å². The average Bonchev–Trinajstić information content (AvgIpc) is 3.19. The fourth-order valence-electron chi connectivity index (χ4n) is 3.18. The van der Waals surface area contributed by atoms with E-state index in [1.165, 1.54) is 5.56 Å². The highest BCUT2D eigenvalue weighted by Crippen LogP contribution is 2.32. The quantitative estimate of drug-likeness (QED) is 0.476. The lowest BCUT2D eigenvalue weighted by Crippen LogP contribution is -1.94. The Morgan fingerprint density at radius 3 is 2.35 bits per heavy atom. The molecule has 3 nitrogen and oxygen atoms in total. The van der Waals surface area contributed by atoms with Crippen molar-refractivity contribution in [2.75, 3.05) is 0 Å². The predicted octanol–water partition coefficient (Wildman–Crippen LogP) is 5.72. The number of nitrogens with zero attached hydrogens (tertiary/aromatic N) is 3. The van der Waals surface area contributed by atoms with E-state index < -0.39 is 0 Å². The van der Waals surface area contributed by atoms with Gasteiger partial charge < -0.3 is 4.57 Å². The van der Waals surface area contributed by atoms with Gasteiger partial charge in [0.25, 0.3) is 0 Å². The Bertz CT molecular complexity index is 1000. The number of pyridine rings is 1. The molecule has 4 aromatic rings. The Kier molecular flexibility index (Phi) is 4.36. The third-order valence-corrected chi connectivity index (χ3v) is 4.55. The molecule has 0 amide bonds. The van der Waals surface area contributed by atoms with E-state index in [4.69, 9.17) is 0 Å². The van der Waals surface area contributed by atoms with Crippen LogP contribution in [0.2, 0.25) is 0 Å². The maximum atomic E-state index is 4.68. The minimum atomic E-state index is 0.421. The van der Waals surface area contributed by atoms with E-state index in [2.05, 4.69) is 64.9 Å². The summed E-state index contributed by atoms with van der Waals surface area (Å²) in [5.41, 5.74) is 6.64. The van der Waals surface area contributed by atoms with Crippen LogP contribution >= 0.6 is 0 Å². The van der Waals surface area contributed by atoms with Crippen molar-refractivity contribution in [3.63, 3.8) is 0 Å². The number of aromatic nitrogens is 3. The molecule has 26 heavy (non-hydrogen) atoms. The lowest BCUT2D eigenvalue weighted by molar-refractivity contribution is 0.868. The minimum Gasteiger partial charge on any atom is -0.306 e. The fraction of sp³-hybridized carbons (Fsp3) is 0.130.